The van der Waals surface area contributed by atoms with Gasteiger partial charge in [-0.25, -0.2) is 9.37 Å². The summed E-state index contributed by atoms with van der Waals surface area (Å²) >= 11 is 0. The third-order valence-corrected chi connectivity index (χ3v) is 6.94. The molecule has 0 spiro atoms. The van der Waals surface area contributed by atoms with Crippen molar-refractivity contribution in [2.24, 2.45) is 0 Å². The Kier molecular flexibility index (Phi) is 6.97. The van der Waals surface area contributed by atoms with E-state index in [1.807, 2.05) is 36.5 Å². The van der Waals surface area contributed by atoms with E-state index in [2.05, 4.69) is 58.3 Å². The average Bonchev–Trinajstić information content (AvgIpc) is 2.91. The van der Waals surface area contributed by atoms with Gasteiger partial charge in [-0.2, -0.15) is 0 Å². The minimum atomic E-state index is -0.280. The number of ether oxygens (including phenoxy) is 1. The summed E-state index contributed by atoms with van der Waals surface area (Å²) in [7, 11) is 3.37. The van der Waals surface area contributed by atoms with Gasteiger partial charge in [0.2, 0.25) is 0 Å². The smallest absolute Gasteiger partial charge is 0.155 e. The second-order valence-corrected chi connectivity index (χ2v) is 9.19. The van der Waals surface area contributed by atoms with Crippen molar-refractivity contribution in [3.8, 4) is 28.0 Å². The van der Waals surface area contributed by atoms with Crippen molar-refractivity contribution in [3.05, 3.63) is 83.3 Å². The summed E-state index contributed by atoms with van der Waals surface area (Å²) in [5.74, 6) is 1.05. The molecule has 6 nitrogen and oxygen atoms in total. The molecule has 190 valence electrons. The maximum Gasteiger partial charge on any atom is 0.155 e. The summed E-state index contributed by atoms with van der Waals surface area (Å²) in [6.07, 6.45) is 1.81. The molecular formula is C30H32FN5O. The second-order valence-electron chi connectivity index (χ2n) is 9.19. The van der Waals surface area contributed by atoms with Gasteiger partial charge in [0.25, 0.3) is 0 Å². The molecule has 0 fully saturated rings. The first kappa shape index (κ1) is 24.6. The summed E-state index contributed by atoms with van der Waals surface area (Å²) in [5.41, 5.74) is 9.69. The lowest BCUT2D eigenvalue weighted by Crippen LogP contribution is -2.21. The van der Waals surface area contributed by atoms with Gasteiger partial charge in [-0.1, -0.05) is 30.3 Å². The first-order valence-corrected chi connectivity index (χ1v) is 12.5. The fraction of sp³-hybridized carbons (Fsp3) is 0.233. The normalized spacial score (nSPS) is 12.4. The lowest BCUT2D eigenvalue weighted by atomic mass is 9.90. The molecule has 0 unspecified atom stereocenters. The highest BCUT2D eigenvalue weighted by Crippen LogP contribution is 2.39. The largest absolute Gasteiger partial charge is 0.496 e. The first-order valence-electron chi connectivity index (χ1n) is 12.5. The molecule has 0 atom stereocenters. The number of nitrogens with zero attached hydrogens (tertiary/aromatic N) is 1. The molecule has 0 saturated heterocycles. The zero-order valence-electron chi connectivity index (χ0n) is 21.6. The number of halogens is 1. The molecule has 0 amide bonds. The summed E-state index contributed by atoms with van der Waals surface area (Å²) in [6.45, 7) is 6.33. The van der Waals surface area contributed by atoms with E-state index in [1.54, 1.807) is 20.2 Å². The Morgan fingerprint density at radius 1 is 0.946 bits per heavy atom. The van der Waals surface area contributed by atoms with Crippen LogP contribution in [0.15, 0.2) is 60.8 Å². The van der Waals surface area contributed by atoms with Crippen LogP contribution in [-0.4, -0.2) is 32.2 Å². The molecule has 7 heteroatoms. The van der Waals surface area contributed by atoms with Crippen molar-refractivity contribution in [2.75, 3.05) is 43.2 Å². The van der Waals surface area contributed by atoms with Gasteiger partial charge in [-0.05, 0) is 78.5 Å². The fourth-order valence-electron chi connectivity index (χ4n) is 5.00. The molecule has 0 bridgehead atoms. The zero-order valence-corrected chi connectivity index (χ0v) is 21.6. The standard InChI is InChI=1S/C30H32FN5O/c1-18-21(20-15-25(31)24(17-32-3)28(16-20)37-4)7-5-8-22(18)23-9-6-10-26(19(23)2)36-30-29-27(11-12-35-30)33-13-14-34-29/h5-12,15-16,32-34H,13-14,17H2,1-4H3,(H,35,36). The van der Waals surface area contributed by atoms with E-state index in [-0.39, 0.29) is 5.82 Å². The first-order chi connectivity index (χ1) is 18.0. The Morgan fingerprint density at radius 3 is 2.46 bits per heavy atom. The molecule has 37 heavy (non-hydrogen) atoms. The van der Waals surface area contributed by atoms with E-state index in [1.165, 1.54) is 0 Å². The van der Waals surface area contributed by atoms with Crippen LogP contribution in [0.4, 0.5) is 27.3 Å². The number of anilines is 4. The Balaban J connectivity index is 1.54. The highest BCUT2D eigenvalue weighted by atomic mass is 19.1. The number of methoxy groups -OCH3 is 1. The van der Waals surface area contributed by atoms with Gasteiger partial charge in [0, 0.05) is 37.1 Å². The number of hydrogen-bond acceptors (Lipinski definition) is 6. The molecular weight excluding hydrogens is 465 g/mol. The lowest BCUT2D eigenvalue weighted by molar-refractivity contribution is 0.403. The number of rotatable bonds is 7. The third-order valence-electron chi connectivity index (χ3n) is 6.94. The van der Waals surface area contributed by atoms with Crippen molar-refractivity contribution in [1.29, 1.82) is 0 Å². The molecule has 0 radical (unpaired) electrons. The predicted molar refractivity (Wildman–Crippen MR) is 151 cm³/mol. The summed E-state index contributed by atoms with van der Waals surface area (Å²) in [5, 5.41) is 13.4. The van der Waals surface area contributed by atoms with Crippen LogP contribution in [-0.2, 0) is 6.54 Å². The van der Waals surface area contributed by atoms with Gasteiger partial charge >= 0.3 is 0 Å². The van der Waals surface area contributed by atoms with E-state index >= 15 is 4.39 Å². The Morgan fingerprint density at radius 2 is 1.68 bits per heavy atom. The molecule has 1 aromatic heterocycles. The Hall–Kier alpha value is -4.10. The number of pyridine rings is 1. The molecule has 4 N–H and O–H groups in total. The van der Waals surface area contributed by atoms with Crippen LogP contribution >= 0.6 is 0 Å². The van der Waals surface area contributed by atoms with Gasteiger partial charge in [-0.15, -0.1) is 0 Å². The van der Waals surface area contributed by atoms with Crippen molar-refractivity contribution >= 4 is 22.9 Å². The molecule has 3 aromatic carbocycles. The van der Waals surface area contributed by atoms with Gasteiger partial charge in [0.05, 0.1) is 12.8 Å². The van der Waals surface area contributed by atoms with Crippen LogP contribution in [0, 0.1) is 19.7 Å². The minimum absolute atomic E-state index is 0.280. The average molecular weight is 498 g/mol. The third kappa shape index (κ3) is 4.70. The van der Waals surface area contributed by atoms with Crippen molar-refractivity contribution in [2.45, 2.75) is 20.4 Å². The van der Waals surface area contributed by atoms with Gasteiger partial charge in [0.15, 0.2) is 5.82 Å². The number of nitrogens with one attached hydrogen (secondary N) is 4. The number of aromatic nitrogens is 1. The summed E-state index contributed by atoms with van der Waals surface area (Å²) < 4.78 is 20.5. The van der Waals surface area contributed by atoms with Crippen LogP contribution in [0.1, 0.15) is 16.7 Å². The minimum Gasteiger partial charge on any atom is -0.496 e. The van der Waals surface area contributed by atoms with Gasteiger partial charge in [0.1, 0.15) is 17.3 Å². The number of hydrogen-bond donors (Lipinski definition) is 4. The van der Waals surface area contributed by atoms with Crippen molar-refractivity contribution in [3.63, 3.8) is 0 Å². The van der Waals surface area contributed by atoms with Crippen molar-refractivity contribution in [1.82, 2.24) is 10.3 Å². The molecule has 2 heterocycles. The zero-order chi connectivity index (χ0) is 25.9. The Labute approximate surface area is 217 Å². The summed E-state index contributed by atoms with van der Waals surface area (Å²) in [4.78, 5) is 4.58. The lowest BCUT2D eigenvalue weighted by Gasteiger charge is -2.23. The molecule has 0 saturated carbocycles. The van der Waals surface area contributed by atoms with Crippen molar-refractivity contribution < 1.29 is 9.13 Å². The van der Waals surface area contributed by atoms with E-state index in [4.69, 9.17) is 4.74 Å². The molecule has 4 aromatic rings. The van der Waals surface area contributed by atoms with Crippen LogP contribution in [0.3, 0.4) is 0 Å². The Bertz CT molecular complexity index is 1450. The van der Waals surface area contributed by atoms with Gasteiger partial charge < -0.3 is 26.0 Å². The molecule has 1 aliphatic heterocycles. The van der Waals surface area contributed by atoms with Gasteiger partial charge in [-0.3, -0.25) is 0 Å². The van der Waals surface area contributed by atoms with Crippen LogP contribution in [0.5, 0.6) is 5.75 Å². The maximum absolute atomic E-state index is 15.0. The summed E-state index contributed by atoms with van der Waals surface area (Å²) in [6, 6.07) is 17.9. The number of benzene rings is 3. The molecule has 0 aliphatic carbocycles. The van der Waals surface area contributed by atoms with E-state index < -0.39 is 0 Å². The fourth-order valence-corrected chi connectivity index (χ4v) is 5.00. The molecule has 1 aliphatic rings. The van der Waals surface area contributed by atoms with Crippen LogP contribution in [0.2, 0.25) is 0 Å². The predicted octanol–water partition coefficient (Wildman–Crippen LogP) is 6.48. The van der Waals surface area contributed by atoms with Crippen LogP contribution in [0.25, 0.3) is 22.3 Å². The quantitative estimate of drug-likeness (QED) is 0.234. The second kappa shape index (κ2) is 10.5. The topological polar surface area (TPSA) is 70.2 Å². The maximum atomic E-state index is 15.0. The van der Waals surface area contributed by atoms with E-state index in [9.17, 15) is 0 Å². The molecule has 5 rings (SSSR count). The van der Waals surface area contributed by atoms with Crippen LogP contribution < -0.4 is 26.0 Å². The highest BCUT2D eigenvalue weighted by Gasteiger charge is 2.18. The highest BCUT2D eigenvalue weighted by molar-refractivity contribution is 5.87. The number of fused-ring (bicyclic) bond motifs is 1. The van der Waals surface area contributed by atoms with E-state index in [0.29, 0.717) is 17.9 Å². The van der Waals surface area contributed by atoms with E-state index in [0.717, 1.165) is 69.4 Å². The SMILES string of the molecule is CNCc1c(F)cc(-c2cccc(-c3cccc(Nc4nccc5c4NCCN5)c3C)c2C)cc1OC. The monoisotopic (exact) mass is 497 g/mol.